The Morgan fingerprint density at radius 3 is 2.50 bits per heavy atom. The van der Waals surface area contributed by atoms with Crippen molar-refractivity contribution in [3.05, 3.63) is 53.3 Å². The van der Waals surface area contributed by atoms with E-state index in [1.54, 1.807) is 38.2 Å². The zero-order valence-electron chi connectivity index (χ0n) is 19.4. The van der Waals surface area contributed by atoms with Crippen molar-refractivity contribution in [3.8, 4) is 5.75 Å². The molecule has 2 aromatic carbocycles. The monoisotopic (exact) mass is 464 g/mol. The Morgan fingerprint density at radius 2 is 1.84 bits per heavy atom. The summed E-state index contributed by atoms with van der Waals surface area (Å²) in [6.07, 6.45) is 0.979. The molecule has 1 N–H and O–H groups in total. The molecule has 1 heterocycles. The number of carbonyl (C=O) groups is 1. The number of hydrogen-bond acceptors (Lipinski definition) is 5. The number of aryl methyl sites for hydroxylation is 1. The third-order valence-corrected chi connectivity index (χ3v) is 5.63. The number of nitrogens with one attached hydrogen (secondary N) is 1. The van der Waals surface area contributed by atoms with Crippen LogP contribution in [0.15, 0.2) is 36.4 Å². The molecule has 176 valence electrons. The molecule has 8 heteroatoms. The van der Waals surface area contributed by atoms with Gasteiger partial charge in [0.25, 0.3) is 5.91 Å². The average molecular weight is 465 g/mol. The zero-order valence-corrected chi connectivity index (χ0v) is 20.2. The highest BCUT2D eigenvalue weighted by Crippen LogP contribution is 2.29. The molecule has 0 saturated carbocycles. The Labute approximate surface area is 196 Å². The van der Waals surface area contributed by atoms with E-state index in [-0.39, 0.29) is 24.1 Å². The summed E-state index contributed by atoms with van der Waals surface area (Å²) in [6.45, 7) is 7.30. The Kier molecular flexibility index (Phi) is 9.60. The lowest BCUT2D eigenvalue weighted by atomic mass is 10.1. The minimum Gasteiger partial charge on any atom is -0.495 e. The molecule has 1 saturated heterocycles. The molecule has 1 aliphatic rings. The quantitative estimate of drug-likeness (QED) is 0.600. The predicted molar refractivity (Wildman–Crippen MR) is 131 cm³/mol. The van der Waals surface area contributed by atoms with Crippen LogP contribution in [0.4, 0.5) is 15.8 Å². The van der Waals surface area contributed by atoms with Crippen molar-refractivity contribution in [2.24, 2.45) is 0 Å². The van der Waals surface area contributed by atoms with Crippen molar-refractivity contribution in [1.82, 2.24) is 9.80 Å². The number of anilines is 2. The summed E-state index contributed by atoms with van der Waals surface area (Å²) >= 11 is 0. The number of methoxy groups -OCH3 is 1. The fourth-order valence-corrected chi connectivity index (χ4v) is 3.88. The maximum Gasteiger partial charge on any atom is 0.255 e. The second-order valence-corrected chi connectivity index (χ2v) is 8.17. The highest BCUT2D eigenvalue weighted by atomic mass is 35.5. The third kappa shape index (κ3) is 6.50. The molecule has 6 nitrogen and oxygen atoms in total. The normalized spacial score (nSPS) is 14.0. The molecule has 3 rings (SSSR count). The fourth-order valence-electron chi connectivity index (χ4n) is 3.88. The maximum absolute atomic E-state index is 13.7. The van der Waals surface area contributed by atoms with E-state index in [0.717, 1.165) is 62.6 Å². The minimum absolute atomic E-state index is 0. The molecule has 1 fully saturated rings. The van der Waals surface area contributed by atoms with Crippen LogP contribution in [-0.4, -0.2) is 76.2 Å². The van der Waals surface area contributed by atoms with Crippen LogP contribution >= 0.6 is 12.4 Å². The molecule has 0 aliphatic carbocycles. The van der Waals surface area contributed by atoms with Gasteiger partial charge >= 0.3 is 0 Å². The highest BCUT2D eigenvalue weighted by Gasteiger charge is 2.20. The van der Waals surface area contributed by atoms with E-state index >= 15 is 0 Å². The first kappa shape index (κ1) is 25.7. The van der Waals surface area contributed by atoms with Gasteiger partial charge in [-0.2, -0.15) is 0 Å². The molecular formula is C24H34ClFN4O2. The molecule has 1 aliphatic heterocycles. The van der Waals surface area contributed by atoms with Gasteiger partial charge in [-0.1, -0.05) is 11.6 Å². The number of rotatable bonds is 8. The van der Waals surface area contributed by atoms with Gasteiger partial charge < -0.3 is 19.9 Å². The molecule has 0 atom stereocenters. The van der Waals surface area contributed by atoms with Crippen LogP contribution in [0.2, 0.25) is 0 Å². The van der Waals surface area contributed by atoms with Gasteiger partial charge in [-0.15, -0.1) is 12.4 Å². The zero-order chi connectivity index (χ0) is 22.4. The number of benzene rings is 2. The molecule has 0 spiro atoms. The molecule has 0 bridgehead atoms. The van der Waals surface area contributed by atoms with Gasteiger partial charge in [0.2, 0.25) is 0 Å². The first-order valence-electron chi connectivity index (χ1n) is 10.8. The summed E-state index contributed by atoms with van der Waals surface area (Å²) in [7, 11) is 5.16. The summed E-state index contributed by atoms with van der Waals surface area (Å²) in [6, 6.07) is 10.6. The number of hydrogen-bond donors (Lipinski definition) is 1. The summed E-state index contributed by atoms with van der Waals surface area (Å²) in [5, 5.41) is 3.43. The number of halogens is 2. The van der Waals surface area contributed by atoms with E-state index in [1.807, 2.05) is 25.1 Å². The van der Waals surface area contributed by atoms with E-state index < -0.39 is 0 Å². The van der Waals surface area contributed by atoms with E-state index in [2.05, 4.69) is 15.1 Å². The van der Waals surface area contributed by atoms with Gasteiger partial charge in [0.05, 0.1) is 18.4 Å². The van der Waals surface area contributed by atoms with Crippen LogP contribution < -0.4 is 15.0 Å². The number of piperazine rings is 1. The molecule has 1 amide bonds. The van der Waals surface area contributed by atoms with Crippen molar-refractivity contribution in [3.63, 3.8) is 0 Å². The Bertz CT molecular complexity index is 902. The number of amides is 1. The van der Waals surface area contributed by atoms with Crippen LogP contribution in [0, 0.1) is 12.7 Å². The van der Waals surface area contributed by atoms with Crippen LogP contribution in [0.1, 0.15) is 22.3 Å². The smallest absolute Gasteiger partial charge is 0.255 e. The first-order valence-corrected chi connectivity index (χ1v) is 10.8. The summed E-state index contributed by atoms with van der Waals surface area (Å²) in [5.41, 5.74) is 3.49. The third-order valence-electron chi connectivity index (χ3n) is 5.63. The summed E-state index contributed by atoms with van der Waals surface area (Å²) in [5.74, 6) is 0.475. The molecule has 0 unspecified atom stereocenters. The van der Waals surface area contributed by atoms with Crippen molar-refractivity contribution >= 4 is 29.7 Å². The lowest BCUT2D eigenvalue weighted by molar-refractivity contribution is 0.0828. The van der Waals surface area contributed by atoms with Crippen LogP contribution in [-0.2, 0) is 0 Å². The van der Waals surface area contributed by atoms with Crippen molar-refractivity contribution < 1.29 is 13.9 Å². The Morgan fingerprint density at radius 1 is 1.12 bits per heavy atom. The van der Waals surface area contributed by atoms with Crippen molar-refractivity contribution in [2.45, 2.75) is 13.3 Å². The average Bonchev–Trinajstić information content (AvgIpc) is 2.77. The SMILES string of the molecule is COc1ccc(F)cc1N1CCN(CCCNc2ccc(C)cc2C(=O)N(C)C)CC1.Cl. The molecular weight excluding hydrogens is 431 g/mol. The first-order chi connectivity index (χ1) is 14.9. The topological polar surface area (TPSA) is 48.1 Å². The van der Waals surface area contributed by atoms with Crippen molar-refractivity contribution in [2.75, 3.05) is 70.7 Å². The van der Waals surface area contributed by atoms with Gasteiger partial charge in [-0.3, -0.25) is 9.69 Å². The number of nitrogens with zero attached hydrogens (tertiary/aromatic N) is 3. The largest absolute Gasteiger partial charge is 0.495 e. The van der Waals surface area contributed by atoms with Gasteiger partial charge in [0, 0.05) is 58.6 Å². The second kappa shape index (κ2) is 11.9. The highest BCUT2D eigenvalue weighted by molar-refractivity contribution is 5.99. The Balaban J connectivity index is 0.00000363. The van der Waals surface area contributed by atoms with Crippen molar-refractivity contribution in [1.29, 1.82) is 0 Å². The fraction of sp³-hybridized carbons (Fsp3) is 0.458. The molecule has 2 aromatic rings. The van der Waals surface area contributed by atoms with Gasteiger partial charge in [0.1, 0.15) is 11.6 Å². The summed E-state index contributed by atoms with van der Waals surface area (Å²) in [4.78, 5) is 18.7. The molecule has 0 aromatic heterocycles. The van der Waals surface area contributed by atoms with E-state index in [4.69, 9.17) is 4.74 Å². The van der Waals surface area contributed by atoms with Gasteiger partial charge in [0.15, 0.2) is 0 Å². The van der Waals surface area contributed by atoms with E-state index in [1.165, 1.54) is 6.07 Å². The molecule has 0 radical (unpaired) electrons. The van der Waals surface area contributed by atoms with Crippen LogP contribution in [0.5, 0.6) is 5.75 Å². The number of carbonyl (C=O) groups excluding carboxylic acids is 1. The molecule has 32 heavy (non-hydrogen) atoms. The Hall–Kier alpha value is -2.51. The van der Waals surface area contributed by atoms with Crippen LogP contribution in [0.25, 0.3) is 0 Å². The second-order valence-electron chi connectivity index (χ2n) is 8.17. The van der Waals surface area contributed by atoms with E-state index in [0.29, 0.717) is 11.3 Å². The van der Waals surface area contributed by atoms with Crippen LogP contribution in [0.3, 0.4) is 0 Å². The van der Waals surface area contributed by atoms with Gasteiger partial charge in [-0.25, -0.2) is 4.39 Å². The maximum atomic E-state index is 13.7. The summed E-state index contributed by atoms with van der Waals surface area (Å²) < 4.78 is 19.1. The van der Waals surface area contributed by atoms with E-state index in [9.17, 15) is 9.18 Å². The lowest BCUT2D eigenvalue weighted by Gasteiger charge is -2.36. The predicted octanol–water partition coefficient (Wildman–Crippen LogP) is 3.89. The standard InChI is InChI=1S/C24H33FN4O2.ClH/c1-18-6-8-21(20(16-18)24(30)27(2)3)26-10-5-11-28-12-14-29(15-13-28)22-17-19(25)7-9-23(22)31-4;/h6-9,16-17,26H,5,10-15H2,1-4H3;1H. The van der Waals surface area contributed by atoms with Gasteiger partial charge in [-0.05, 0) is 44.2 Å². The minimum atomic E-state index is -0.243. The lowest BCUT2D eigenvalue weighted by Crippen LogP contribution is -2.47. The number of ether oxygens (including phenoxy) is 1.